The van der Waals surface area contributed by atoms with Crippen LogP contribution in [-0.4, -0.2) is 11.6 Å². The largest absolute Gasteiger partial charge is 0.289 e. The Kier molecular flexibility index (Phi) is 4.37. The van der Waals surface area contributed by atoms with Crippen molar-refractivity contribution < 1.29 is 9.59 Å². The van der Waals surface area contributed by atoms with Gasteiger partial charge in [-0.05, 0) is 66.4 Å². The molecular formula is C23H20O2. The molecule has 0 saturated carbocycles. The lowest BCUT2D eigenvalue weighted by atomic mass is 9.79. The van der Waals surface area contributed by atoms with Gasteiger partial charge in [-0.1, -0.05) is 49.1 Å². The maximum absolute atomic E-state index is 12.5. The van der Waals surface area contributed by atoms with Gasteiger partial charge in [0.2, 0.25) is 0 Å². The predicted octanol–water partition coefficient (Wildman–Crippen LogP) is 5.17. The summed E-state index contributed by atoms with van der Waals surface area (Å²) < 4.78 is 0. The molecule has 1 aromatic carbocycles. The topological polar surface area (TPSA) is 34.1 Å². The lowest BCUT2D eigenvalue weighted by Crippen LogP contribution is -2.14. The highest BCUT2D eigenvalue weighted by atomic mass is 16.1. The molecule has 124 valence electrons. The van der Waals surface area contributed by atoms with E-state index in [1.54, 1.807) is 6.08 Å². The van der Waals surface area contributed by atoms with Gasteiger partial charge in [-0.15, -0.1) is 0 Å². The second-order valence-electron chi connectivity index (χ2n) is 6.32. The van der Waals surface area contributed by atoms with E-state index in [4.69, 9.17) is 0 Å². The highest BCUT2D eigenvalue weighted by molar-refractivity contribution is 6.17. The van der Waals surface area contributed by atoms with Gasteiger partial charge in [-0.25, -0.2) is 0 Å². The van der Waals surface area contributed by atoms with Crippen molar-refractivity contribution in [3.05, 3.63) is 100 Å². The number of allylic oxidation sites excluding steroid dienone is 11. The predicted molar refractivity (Wildman–Crippen MR) is 102 cm³/mol. The summed E-state index contributed by atoms with van der Waals surface area (Å²) in [6, 6.07) is 7.63. The van der Waals surface area contributed by atoms with E-state index < -0.39 is 0 Å². The first-order chi connectivity index (χ1) is 12.0. The molecule has 0 N–H and O–H groups in total. The summed E-state index contributed by atoms with van der Waals surface area (Å²) in [6.07, 6.45) is 9.28. The van der Waals surface area contributed by atoms with Crippen LogP contribution in [0.25, 0.3) is 5.57 Å². The Morgan fingerprint density at radius 2 is 1.44 bits per heavy atom. The second-order valence-corrected chi connectivity index (χ2v) is 6.32. The number of hydrogen-bond donors (Lipinski definition) is 0. The Bertz CT molecular complexity index is 960. The summed E-state index contributed by atoms with van der Waals surface area (Å²) in [5.74, 6) is 0.102. The van der Waals surface area contributed by atoms with Crippen molar-refractivity contribution in [2.24, 2.45) is 0 Å². The molecule has 0 heterocycles. The van der Waals surface area contributed by atoms with Gasteiger partial charge < -0.3 is 0 Å². The Labute approximate surface area is 148 Å². The van der Waals surface area contributed by atoms with Gasteiger partial charge in [0.05, 0.1) is 0 Å². The van der Waals surface area contributed by atoms with Gasteiger partial charge in [-0.3, -0.25) is 9.59 Å². The summed E-state index contributed by atoms with van der Waals surface area (Å²) in [7, 11) is 0. The molecule has 1 aromatic rings. The number of benzene rings is 1. The van der Waals surface area contributed by atoms with Gasteiger partial charge in [0, 0.05) is 11.1 Å². The standard InChI is InChI=1S/C23H20O2/c1-5-6-9-17-16(4)22(24)14(2)12-20(17)21-13-15(3)23(25)19-11-8-7-10-18(19)21/h5-13H,1H2,2-4H3/b9-6-,21-20+. The van der Waals surface area contributed by atoms with Crippen LogP contribution in [0.3, 0.4) is 0 Å². The van der Waals surface area contributed by atoms with E-state index in [0.29, 0.717) is 22.3 Å². The quantitative estimate of drug-likeness (QED) is 0.702. The highest BCUT2D eigenvalue weighted by Crippen LogP contribution is 2.38. The fraction of sp³-hybridized carbons (Fsp3) is 0.130. The zero-order valence-corrected chi connectivity index (χ0v) is 14.7. The van der Waals surface area contributed by atoms with E-state index in [0.717, 1.165) is 22.3 Å². The van der Waals surface area contributed by atoms with Gasteiger partial charge in [0.25, 0.3) is 0 Å². The molecule has 0 unspecified atom stereocenters. The first-order valence-electron chi connectivity index (χ1n) is 8.25. The maximum atomic E-state index is 12.5. The van der Waals surface area contributed by atoms with Crippen LogP contribution < -0.4 is 0 Å². The number of rotatable bonds is 2. The third kappa shape index (κ3) is 2.80. The molecule has 2 aliphatic carbocycles. The van der Waals surface area contributed by atoms with Crippen molar-refractivity contribution in [1.82, 2.24) is 0 Å². The van der Waals surface area contributed by atoms with Crippen LogP contribution in [0.5, 0.6) is 0 Å². The molecular weight excluding hydrogens is 308 g/mol. The van der Waals surface area contributed by atoms with Crippen LogP contribution in [0.4, 0.5) is 0 Å². The second kappa shape index (κ2) is 6.48. The summed E-state index contributed by atoms with van der Waals surface area (Å²) in [6.45, 7) is 9.23. The van der Waals surface area contributed by atoms with Crippen LogP contribution >= 0.6 is 0 Å². The maximum Gasteiger partial charge on any atom is 0.189 e. The van der Waals surface area contributed by atoms with Crippen LogP contribution in [0.1, 0.15) is 36.7 Å². The van der Waals surface area contributed by atoms with Gasteiger partial charge in [0.15, 0.2) is 11.6 Å². The van der Waals surface area contributed by atoms with Crippen LogP contribution in [0.15, 0.2) is 89.1 Å². The van der Waals surface area contributed by atoms with E-state index in [-0.39, 0.29) is 11.6 Å². The molecule has 2 nitrogen and oxygen atoms in total. The van der Waals surface area contributed by atoms with Crippen molar-refractivity contribution in [3.63, 3.8) is 0 Å². The molecule has 2 aliphatic rings. The number of ketones is 2. The molecule has 0 atom stereocenters. The van der Waals surface area contributed by atoms with E-state index in [9.17, 15) is 9.59 Å². The van der Waals surface area contributed by atoms with Crippen LogP contribution in [0.2, 0.25) is 0 Å². The number of carbonyl (C=O) groups is 2. The Morgan fingerprint density at radius 1 is 0.840 bits per heavy atom. The number of fused-ring (bicyclic) bond motifs is 1. The third-order valence-electron chi connectivity index (χ3n) is 4.62. The normalized spacial score (nSPS) is 20.6. The van der Waals surface area contributed by atoms with E-state index >= 15 is 0 Å². The Balaban J connectivity index is 2.37. The molecule has 2 heteroatoms. The zero-order valence-electron chi connectivity index (χ0n) is 14.7. The van der Waals surface area contributed by atoms with Crippen LogP contribution in [-0.2, 0) is 4.79 Å². The Hall–Kier alpha value is -3.00. The number of hydrogen-bond acceptors (Lipinski definition) is 2. The van der Waals surface area contributed by atoms with Crippen molar-refractivity contribution in [3.8, 4) is 0 Å². The average Bonchev–Trinajstić information content (AvgIpc) is 2.62. The molecule has 0 bridgehead atoms. The summed E-state index contributed by atoms with van der Waals surface area (Å²) >= 11 is 0. The number of Topliss-reactive ketones (excluding diaryl/α,β-unsaturated/α-hetero) is 2. The first-order valence-corrected chi connectivity index (χ1v) is 8.25. The highest BCUT2D eigenvalue weighted by Gasteiger charge is 2.26. The lowest BCUT2D eigenvalue weighted by Gasteiger charge is -2.23. The minimum Gasteiger partial charge on any atom is -0.289 e. The molecule has 0 radical (unpaired) electrons. The molecule has 25 heavy (non-hydrogen) atoms. The van der Waals surface area contributed by atoms with E-state index in [1.807, 2.05) is 69.3 Å². The summed E-state index contributed by atoms with van der Waals surface area (Å²) in [5, 5.41) is 0. The summed E-state index contributed by atoms with van der Waals surface area (Å²) in [5.41, 5.74) is 6.54. The van der Waals surface area contributed by atoms with Crippen molar-refractivity contribution in [2.75, 3.05) is 0 Å². The van der Waals surface area contributed by atoms with Crippen molar-refractivity contribution in [2.45, 2.75) is 20.8 Å². The zero-order chi connectivity index (χ0) is 18.1. The van der Waals surface area contributed by atoms with Gasteiger partial charge in [-0.2, -0.15) is 0 Å². The molecule has 0 spiro atoms. The van der Waals surface area contributed by atoms with Gasteiger partial charge in [0.1, 0.15) is 0 Å². The molecule has 3 rings (SSSR count). The fourth-order valence-corrected chi connectivity index (χ4v) is 3.29. The monoisotopic (exact) mass is 328 g/mol. The first kappa shape index (κ1) is 16.8. The van der Waals surface area contributed by atoms with Gasteiger partial charge >= 0.3 is 0 Å². The molecule has 0 amide bonds. The van der Waals surface area contributed by atoms with Crippen molar-refractivity contribution >= 4 is 17.1 Å². The number of carbonyl (C=O) groups excluding carboxylic acids is 2. The molecule has 0 fully saturated rings. The van der Waals surface area contributed by atoms with Crippen LogP contribution in [0, 0.1) is 0 Å². The Morgan fingerprint density at radius 3 is 2.12 bits per heavy atom. The smallest absolute Gasteiger partial charge is 0.189 e. The SMILES string of the molecule is C=C/C=C\C1=C(C)C(=O)C(C)=C/C1=C1/C=C(C)C(=O)c2ccccc21. The third-order valence-corrected chi connectivity index (χ3v) is 4.62. The van der Waals surface area contributed by atoms with E-state index in [2.05, 4.69) is 6.58 Å². The fourth-order valence-electron chi connectivity index (χ4n) is 3.29. The molecule has 0 aliphatic heterocycles. The molecule has 0 aromatic heterocycles. The lowest BCUT2D eigenvalue weighted by molar-refractivity contribution is -0.112. The van der Waals surface area contributed by atoms with Crippen molar-refractivity contribution in [1.29, 1.82) is 0 Å². The van der Waals surface area contributed by atoms with E-state index in [1.165, 1.54) is 0 Å². The summed E-state index contributed by atoms with van der Waals surface area (Å²) in [4.78, 5) is 24.9. The molecule has 0 saturated heterocycles. The minimum absolute atomic E-state index is 0.0499. The average molecular weight is 328 g/mol. The minimum atomic E-state index is 0.0499.